The molecular weight excluding hydrogens is 328 g/mol. The summed E-state index contributed by atoms with van der Waals surface area (Å²) in [6, 6.07) is 8.04. The number of phenols is 1. The third-order valence-corrected chi connectivity index (χ3v) is 4.23. The van der Waals surface area contributed by atoms with Crippen molar-refractivity contribution in [1.82, 2.24) is 4.57 Å². The molecule has 4 rings (SSSR count). The molecule has 0 unspecified atom stereocenters. The highest BCUT2D eigenvalue weighted by atomic mass is 32.2. The first-order valence-electron chi connectivity index (χ1n) is 7.72. The minimum Gasteiger partial charge on any atom is -0.508 e. The van der Waals surface area contributed by atoms with Crippen LogP contribution < -0.4 is 0 Å². The molecule has 0 spiro atoms. The number of hydrogen-bond acceptors (Lipinski definition) is 4. The van der Waals surface area contributed by atoms with Gasteiger partial charge in [0.15, 0.2) is 0 Å². The average Bonchev–Trinajstić information content (AvgIpc) is 2.86. The Morgan fingerprint density at radius 2 is 1.83 bits per heavy atom. The molecule has 0 radical (unpaired) electrons. The molecule has 1 aliphatic heterocycles. The van der Waals surface area contributed by atoms with Gasteiger partial charge in [-0.1, -0.05) is 0 Å². The number of nitrogens with zero attached hydrogens (tertiary/aromatic N) is 2. The maximum atomic E-state index is 9.64. The van der Waals surface area contributed by atoms with Gasteiger partial charge in [0.2, 0.25) is 0 Å². The van der Waals surface area contributed by atoms with Crippen molar-refractivity contribution in [3.63, 3.8) is 0 Å². The molecule has 1 aromatic heterocycles. The highest BCUT2D eigenvalue weighted by Gasteiger charge is 2.25. The number of hydrogen-bond donors (Lipinski definition) is 2. The van der Waals surface area contributed by atoms with Crippen LogP contribution in [0.25, 0.3) is 11.3 Å². The first kappa shape index (κ1) is 16.7. The molecule has 0 saturated carbocycles. The molecule has 24 heavy (non-hydrogen) atoms. The molecule has 2 heterocycles. The van der Waals surface area contributed by atoms with Crippen molar-refractivity contribution in [3.05, 3.63) is 41.1 Å². The molecule has 1 aromatic carbocycles. The van der Waals surface area contributed by atoms with Gasteiger partial charge in [-0.15, -0.1) is 0 Å². The lowest BCUT2D eigenvalue weighted by Crippen LogP contribution is -2.17. The van der Waals surface area contributed by atoms with Gasteiger partial charge in [0, 0.05) is 12.1 Å². The Kier molecular flexibility index (Phi) is 4.23. The molecule has 0 amide bonds. The highest BCUT2D eigenvalue weighted by molar-refractivity contribution is 7.85. The standard InChI is InChI=1S/C16H16N2O.CH4O3S/c1-10-15-9-12-3-2-11-8-13(19)4-5-14(11)16(12)18(15)7-6-17-10;1-5(2,3)4/h4-5,8-9,19H,2-3,6-7H2,1H3;1H3,(H,2,3,4). The van der Waals surface area contributed by atoms with Crippen LogP contribution in [0.5, 0.6) is 5.75 Å². The number of phenolic OH excluding ortho intramolecular Hbond substituents is 1. The van der Waals surface area contributed by atoms with Gasteiger partial charge in [0.1, 0.15) is 5.75 Å². The largest absolute Gasteiger partial charge is 0.508 e. The minimum absolute atomic E-state index is 0.366. The van der Waals surface area contributed by atoms with Crippen molar-refractivity contribution in [2.24, 2.45) is 4.99 Å². The normalized spacial score (nSPS) is 15.4. The zero-order valence-electron chi connectivity index (χ0n) is 13.7. The van der Waals surface area contributed by atoms with Gasteiger partial charge >= 0.3 is 0 Å². The zero-order chi connectivity index (χ0) is 17.5. The fraction of sp³-hybridized carbons (Fsp3) is 0.353. The van der Waals surface area contributed by atoms with Crippen LogP contribution >= 0.6 is 0 Å². The predicted molar refractivity (Wildman–Crippen MR) is 93.5 cm³/mol. The molecule has 128 valence electrons. The molecule has 6 nitrogen and oxygen atoms in total. The molecule has 2 aliphatic rings. The molecule has 0 saturated heterocycles. The predicted octanol–water partition coefficient (Wildman–Crippen LogP) is 2.29. The van der Waals surface area contributed by atoms with E-state index < -0.39 is 10.1 Å². The molecule has 0 fully saturated rings. The van der Waals surface area contributed by atoms with Crippen LogP contribution in [-0.2, 0) is 29.5 Å². The number of fused-ring (bicyclic) bond motifs is 5. The van der Waals surface area contributed by atoms with E-state index in [9.17, 15) is 13.5 Å². The van der Waals surface area contributed by atoms with Crippen molar-refractivity contribution in [3.8, 4) is 17.0 Å². The Labute approximate surface area is 141 Å². The van der Waals surface area contributed by atoms with E-state index in [2.05, 4.69) is 28.6 Å². The Morgan fingerprint density at radius 1 is 1.17 bits per heavy atom. The topological polar surface area (TPSA) is 91.9 Å². The number of benzene rings is 1. The van der Waals surface area contributed by atoms with Gasteiger partial charge in [0.05, 0.1) is 29.9 Å². The summed E-state index contributed by atoms with van der Waals surface area (Å²) in [5.41, 5.74) is 7.70. The van der Waals surface area contributed by atoms with E-state index in [1.165, 1.54) is 28.1 Å². The van der Waals surface area contributed by atoms with Crippen LogP contribution in [-0.4, -0.2) is 41.2 Å². The number of aromatic hydroxyl groups is 1. The van der Waals surface area contributed by atoms with E-state index in [1.807, 2.05) is 6.07 Å². The second-order valence-electron chi connectivity index (χ2n) is 6.10. The quantitative estimate of drug-likeness (QED) is 0.715. The fourth-order valence-electron chi connectivity index (χ4n) is 3.33. The van der Waals surface area contributed by atoms with Crippen molar-refractivity contribution < 1.29 is 18.1 Å². The third kappa shape index (κ3) is 3.37. The molecule has 2 N–H and O–H groups in total. The van der Waals surface area contributed by atoms with E-state index in [4.69, 9.17) is 4.55 Å². The smallest absolute Gasteiger partial charge is 0.261 e. The summed E-state index contributed by atoms with van der Waals surface area (Å²) in [5.74, 6) is 0.366. The summed E-state index contributed by atoms with van der Waals surface area (Å²) < 4.78 is 28.3. The van der Waals surface area contributed by atoms with Crippen molar-refractivity contribution in [1.29, 1.82) is 0 Å². The van der Waals surface area contributed by atoms with Gasteiger partial charge in [0.25, 0.3) is 10.1 Å². The molecule has 0 bridgehead atoms. The van der Waals surface area contributed by atoms with Crippen LogP contribution in [0.2, 0.25) is 0 Å². The van der Waals surface area contributed by atoms with Gasteiger partial charge < -0.3 is 9.67 Å². The highest BCUT2D eigenvalue weighted by Crippen LogP contribution is 2.38. The number of rotatable bonds is 0. The summed E-state index contributed by atoms with van der Waals surface area (Å²) in [6.45, 7) is 3.92. The van der Waals surface area contributed by atoms with Crippen LogP contribution in [0.1, 0.15) is 23.7 Å². The van der Waals surface area contributed by atoms with Crippen LogP contribution in [0.15, 0.2) is 29.3 Å². The van der Waals surface area contributed by atoms with E-state index in [0.717, 1.165) is 31.6 Å². The van der Waals surface area contributed by atoms with E-state index in [-0.39, 0.29) is 0 Å². The van der Waals surface area contributed by atoms with Gasteiger partial charge in [-0.05, 0) is 55.2 Å². The lowest BCUT2D eigenvalue weighted by atomic mass is 9.90. The van der Waals surface area contributed by atoms with Crippen molar-refractivity contribution in [2.45, 2.75) is 26.3 Å². The lowest BCUT2D eigenvalue weighted by Gasteiger charge is -2.22. The lowest BCUT2D eigenvalue weighted by molar-refractivity contribution is 0.474. The van der Waals surface area contributed by atoms with Crippen molar-refractivity contribution >= 4 is 15.8 Å². The van der Waals surface area contributed by atoms with Gasteiger partial charge in [-0.3, -0.25) is 9.55 Å². The first-order chi connectivity index (χ1) is 11.2. The number of aromatic nitrogens is 1. The van der Waals surface area contributed by atoms with Gasteiger partial charge in [-0.25, -0.2) is 0 Å². The number of aliphatic imine (C=N–C) groups is 1. The van der Waals surface area contributed by atoms with Crippen molar-refractivity contribution in [2.75, 3.05) is 12.8 Å². The fourth-order valence-corrected chi connectivity index (χ4v) is 3.33. The summed E-state index contributed by atoms with van der Waals surface area (Å²) in [7, 11) is -3.67. The molecule has 0 atom stereocenters. The second-order valence-corrected chi connectivity index (χ2v) is 7.56. The molecule has 7 heteroatoms. The summed E-state index contributed by atoms with van der Waals surface area (Å²) >= 11 is 0. The van der Waals surface area contributed by atoms with Crippen LogP contribution in [0.3, 0.4) is 0 Å². The zero-order valence-corrected chi connectivity index (χ0v) is 14.5. The first-order valence-corrected chi connectivity index (χ1v) is 9.57. The molecule has 2 aromatic rings. The van der Waals surface area contributed by atoms with Crippen LogP contribution in [0.4, 0.5) is 0 Å². The van der Waals surface area contributed by atoms with E-state index >= 15 is 0 Å². The summed E-state index contributed by atoms with van der Waals surface area (Å²) in [4.78, 5) is 4.54. The maximum Gasteiger partial charge on any atom is 0.261 e. The van der Waals surface area contributed by atoms with Gasteiger partial charge in [-0.2, -0.15) is 8.42 Å². The minimum atomic E-state index is -3.67. The second kappa shape index (κ2) is 6.07. The number of aryl methyl sites for hydroxylation is 2. The van der Waals surface area contributed by atoms with E-state index in [1.54, 1.807) is 6.07 Å². The SMILES string of the molecule is CC1=NCCn2c1cc1c2-c2ccc(O)cc2CC1.CS(=O)(=O)O. The molecular formula is C17H20N2O4S. The maximum absolute atomic E-state index is 9.64. The van der Waals surface area contributed by atoms with Crippen LogP contribution in [0, 0.1) is 0 Å². The molecule has 1 aliphatic carbocycles. The Balaban J connectivity index is 0.000000300. The van der Waals surface area contributed by atoms with E-state index in [0.29, 0.717) is 12.0 Å². The Bertz CT molecular complexity index is 918. The summed E-state index contributed by atoms with van der Waals surface area (Å²) in [6.07, 6.45) is 2.78. The monoisotopic (exact) mass is 348 g/mol. The summed E-state index contributed by atoms with van der Waals surface area (Å²) in [5, 5.41) is 9.64. The third-order valence-electron chi connectivity index (χ3n) is 4.23. The Hall–Kier alpha value is -2.12. The Morgan fingerprint density at radius 3 is 2.54 bits per heavy atom. The average molecular weight is 348 g/mol.